The maximum Gasteiger partial charge on any atom is 0.0469 e. The number of ether oxygens (including phenoxy) is 1. The molecular weight excluding hydrogens is 350 g/mol. The van der Waals surface area contributed by atoms with E-state index >= 15 is 0 Å². The summed E-state index contributed by atoms with van der Waals surface area (Å²) in [6, 6.07) is 9.19. The SMILES string of the molecule is BrCCCCCCOCCCc1ccc(N2CCCCC2)cc1. The van der Waals surface area contributed by atoms with Crippen LogP contribution in [0.3, 0.4) is 0 Å². The maximum atomic E-state index is 5.73. The van der Waals surface area contributed by atoms with Crippen molar-refractivity contribution in [1.82, 2.24) is 0 Å². The van der Waals surface area contributed by atoms with Crippen molar-refractivity contribution < 1.29 is 4.74 Å². The van der Waals surface area contributed by atoms with Crippen LogP contribution in [0, 0.1) is 0 Å². The molecule has 3 heteroatoms. The van der Waals surface area contributed by atoms with Gasteiger partial charge in [-0.2, -0.15) is 0 Å². The number of halogens is 1. The molecule has 0 spiro atoms. The summed E-state index contributed by atoms with van der Waals surface area (Å²) >= 11 is 3.47. The third-order valence-electron chi connectivity index (χ3n) is 4.58. The zero-order valence-electron chi connectivity index (χ0n) is 14.4. The first-order valence-corrected chi connectivity index (χ1v) is 10.5. The number of unbranched alkanes of at least 4 members (excludes halogenated alkanes) is 3. The number of nitrogens with zero attached hydrogens (tertiary/aromatic N) is 1. The molecule has 0 aliphatic carbocycles. The van der Waals surface area contributed by atoms with Crippen LogP contribution in [0.5, 0.6) is 0 Å². The highest BCUT2D eigenvalue weighted by atomic mass is 79.9. The third kappa shape index (κ3) is 7.71. The molecule has 1 aromatic rings. The van der Waals surface area contributed by atoms with Crippen molar-refractivity contribution in [3.05, 3.63) is 29.8 Å². The van der Waals surface area contributed by atoms with Gasteiger partial charge in [-0.1, -0.05) is 40.9 Å². The molecule has 0 N–H and O–H groups in total. The van der Waals surface area contributed by atoms with Gasteiger partial charge in [0.05, 0.1) is 0 Å². The first-order valence-electron chi connectivity index (χ1n) is 9.38. The number of hydrogen-bond acceptors (Lipinski definition) is 2. The highest BCUT2D eigenvalue weighted by Crippen LogP contribution is 2.20. The van der Waals surface area contributed by atoms with Gasteiger partial charge in [-0.25, -0.2) is 0 Å². The topological polar surface area (TPSA) is 12.5 Å². The molecular formula is C20H32BrNO. The van der Waals surface area contributed by atoms with E-state index in [0.29, 0.717) is 0 Å². The number of alkyl halides is 1. The number of hydrogen-bond donors (Lipinski definition) is 0. The minimum atomic E-state index is 0.895. The molecule has 0 atom stereocenters. The normalized spacial score (nSPS) is 15.1. The molecule has 0 bridgehead atoms. The fraction of sp³-hybridized carbons (Fsp3) is 0.700. The molecule has 1 fully saturated rings. The van der Waals surface area contributed by atoms with E-state index in [1.165, 1.54) is 69.3 Å². The number of benzene rings is 1. The molecule has 1 aliphatic rings. The molecule has 1 heterocycles. The number of aryl methyl sites for hydroxylation is 1. The van der Waals surface area contributed by atoms with Crippen molar-refractivity contribution in [2.45, 2.75) is 57.8 Å². The third-order valence-corrected chi connectivity index (χ3v) is 5.14. The quantitative estimate of drug-likeness (QED) is 0.366. The molecule has 0 saturated carbocycles. The zero-order chi connectivity index (χ0) is 16.2. The second-order valence-electron chi connectivity index (χ2n) is 6.53. The summed E-state index contributed by atoms with van der Waals surface area (Å²) in [7, 11) is 0. The Hall–Kier alpha value is -0.540. The van der Waals surface area contributed by atoms with Crippen LogP contribution >= 0.6 is 15.9 Å². The van der Waals surface area contributed by atoms with E-state index in [4.69, 9.17) is 4.74 Å². The van der Waals surface area contributed by atoms with E-state index in [-0.39, 0.29) is 0 Å². The van der Waals surface area contributed by atoms with E-state index in [2.05, 4.69) is 45.1 Å². The summed E-state index contributed by atoms with van der Waals surface area (Å²) in [5, 5.41) is 1.13. The second kappa shape index (κ2) is 11.9. The molecule has 0 aromatic heterocycles. The Balaban J connectivity index is 1.54. The Kier molecular flexibility index (Phi) is 9.73. The Labute approximate surface area is 150 Å². The van der Waals surface area contributed by atoms with Gasteiger partial charge in [0.1, 0.15) is 0 Å². The van der Waals surface area contributed by atoms with Gasteiger partial charge in [-0.05, 0) is 62.6 Å². The molecule has 23 heavy (non-hydrogen) atoms. The van der Waals surface area contributed by atoms with Crippen molar-refractivity contribution in [3.8, 4) is 0 Å². The number of piperidine rings is 1. The zero-order valence-corrected chi connectivity index (χ0v) is 16.0. The van der Waals surface area contributed by atoms with Crippen molar-refractivity contribution in [2.24, 2.45) is 0 Å². The van der Waals surface area contributed by atoms with E-state index < -0.39 is 0 Å². The van der Waals surface area contributed by atoms with Gasteiger partial charge in [0.25, 0.3) is 0 Å². The van der Waals surface area contributed by atoms with E-state index in [9.17, 15) is 0 Å². The van der Waals surface area contributed by atoms with E-state index in [1.807, 2.05) is 0 Å². The summed E-state index contributed by atoms with van der Waals surface area (Å²) in [5.41, 5.74) is 2.83. The smallest absolute Gasteiger partial charge is 0.0469 e. The van der Waals surface area contributed by atoms with Gasteiger partial charge in [0, 0.05) is 37.3 Å². The van der Waals surface area contributed by atoms with E-state index in [1.54, 1.807) is 0 Å². The minimum absolute atomic E-state index is 0.895. The predicted molar refractivity (Wildman–Crippen MR) is 104 cm³/mol. The standard InChI is InChI=1S/C20H32BrNO/c21-14-4-1-2-7-17-23-18-8-9-19-10-12-20(13-11-19)22-15-5-3-6-16-22/h10-13H,1-9,14-18H2. The Morgan fingerprint density at radius 3 is 2.26 bits per heavy atom. The van der Waals surface area contributed by atoms with E-state index in [0.717, 1.165) is 31.4 Å². The van der Waals surface area contributed by atoms with Gasteiger partial charge in [0.15, 0.2) is 0 Å². The maximum absolute atomic E-state index is 5.73. The lowest BCUT2D eigenvalue weighted by molar-refractivity contribution is 0.128. The molecule has 2 rings (SSSR count). The lowest BCUT2D eigenvalue weighted by Gasteiger charge is -2.28. The summed E-state index contributed by atoms with van der Waals surface area (Å²) in [6.07, 6.45) is 11.4. The van der Waals surface area contributed by atoms with Crippen LogP contribution in [-0.2, 0) is 11.2 Å². The second-order valence-corrected chi connectivity index (χ2v) is 7.33. The van der Waals surface area contributed by atoms with Crippen molar-refractivity contribution >= 4 is 21.6 Å². The molecule has 130 valence electrons. The first-order chi connectivity index (χ1) is 11.4. The average Bonchev–Trinajstić information content (AvgIpc) is 2.62. The first kappa shape index (κ1) is 18.8. The van der Waals surface area contributed by atoms with Crippen molar-refractivity contribution in [3.63, 3.8) is 0 Å². The summed E-state index contributed by atoms with van der Waals surface area (Å²) in [6.45, 7) is 4.27. The minimum Gasteiger partial charge on any atom is -0.381 e. The van der Waals surface area contributed by atoms with Gasteiger partial charge >= 0.3 is 0 Å². The average molecular weight is 382 g/mol. The summed E-state index contributed by atoms with van der Waals surface area (Å²) in [4.78, 5) is 2.52. The lowest BCUT2D eigenvalue weighted by atomic mass is 10.1. The van der Waals surface area contributed by atoms with Gasteiger partial charge in [-0.15, -0.1) is 0 Å². The highest BCUT2D eigenvalue weighted by Gasteiger charge is 2.10. The lowest BCUT2D eigenvalue weighted by Crippen LogP contribution is -2.29. The van der Waals surface area contributed by atoms with Crippen LogP contribution < -0.4 is 4.90 Å². The summed E-state index contributed by atoms with van der Waals surface area (Å²) < 4.78 is 5.73. The van der Waals surface area contributed by atoms with Crippen molar-refractivity contribution in [2.75, 3.05) is 36.5 Å². The Morgan fingerprint density at radius 1 is 0.826 bits per heavy atom. The Bertz CT molecular complexity index is 401. The van der Waals surface area contributed by atoms with Gasteiger partial charge in [-0.3, -0.25) is 0 Å². The molecule has 0 unspecified atom stereocenters. The predicted octanol–water partition coefficient (Wildman–Crippen LogP) is 5.58. The largest absolute Gasteiger partial charge is 0.381 e. The van der Waals surface area contributed by atoms with Crippen LogP contribution in [0.2, 0.25) is 0 Å². The molecule has 1 saturated heterocycles. The molecule has 0 radical (unpaired) electrons. The highest BCUT2D eigenvalue weighted by molar-refractivity contribution is 9.09. The fourth-order valence-corrected chi connectivity index (χ4v) is 3.55. The van der Waals surface area contributed by atoms with Crippen molar-refractivity contribution in [1.29, 1.82) is 0 Å². The molecule has 0 amide bonds. The Morgan fingerprint density at radius 2 is 1.52 bits per heavy atom. The number of anilines is 1. The molecule has 1 aromatic carbocycles. The monoisotopic (exact) mass is 381 g/mol. The van der Waals surface area contributed by atoms with Crippen LogP contribution in [0.4, 0.5) is 5.69 Å². The van der Waals surface area contributed by atoms with Gasteiger partial charge in [0.2, 0.25) is 0 Å². The van der Waals surface area contributed by atoms with Crippen LogP contribution in [0.1, 0.15) is 56.9 Å². The van der Waals surface area contributed by atoms with Crippen LogP contribution in [-0.4, -0.2) is 31.6 Å². The van der Waals surface area contributed by atoms with Crippen LogP contribution in [0.25, 0.3) is 0 Å². The van der Waals surface area contributed by atoms with Crippen LogP contribution in [0.15, 0.2) is 24.3 Å². The molecule has 1 aliphatic heterocycles. The summed E-state index contributed by atoms with van der Waals surface area (Å²) in [5.74, 6) is 0. The molecule has 2 nitrogen and oxygen atoms in total. The fourth-order valence-electron chi connectivity index (χ4n) is 3.16. The number of rotatable bonds is 11. The van der Waals surface area contributed by atoms with Gasteiger partial charge < -0.3 is 9.64 Å².